The number of rotatable bonds is 3. The summed E-state index contributed by atoms with van der Waals surface area (Å²) in [5, 5.41) is 4.29. The molecule has 0 spiro atoms. The average Bonchev–Trinajstić information content (AvgIpc) is 2.67. The van der Waals surface area contributed by atoms with E-state index in [1.165, 1.54) is 0 Å². The molecule has 0 bridgehead atoms. The first kappa shape index (κ1) is 18.7. The Morgan fingerprint density at radius 1 is 1.00 bits per heavy atom. The molecule has 1 aromatic heterocycles. The van der Waals surface area contributed by atoms with Crippen molar-refractivity contribution in [2.24, 2.45) is 0 Å². The fraction of sp³-hybridized carbons (Fsp3) is 0.0435. The zero-order valence-electron chi connectivity index (χ0n) is 15.0. The van der Waals surface area contributed by atoms with Crippen molar-refractivity contribution in [3.05, 3.63) is 93.4 Å². The first-order valence-electron chi connectivity index (χ1n) is 8.74. The lowest BCUT2D eigenvalue weighted by atomic mass is 10.0. The Morgan fingerprint density at radius 2 is 1.82 bits per heavy atom. The molecule has 1 amide bonds. The number of benzene rings is 3. The topological polar surface area (TPSA) is 42.0 Å². The molecule has 28 heavy (non-hydrogen) atoms. The number of halogens is 2. The van der Waals surface area contributed by atoms with E-state index in [0.717, 1.165) is 32.2 Å². The average molecular weight is 452 g/mol. The highest BCUT2D eigenvalue weighted by atomic mass is 79.9. The molecule has 0 saturated carbocycles. The number of carbonyl (C=O) groups excluding carboxylic acids is 1. The number of nitrogens with one attached hydrogen (secondary N) is 1. The van der Waals surface area contributed by atoms with E-state index in [4.69, 9.17) is 16.6 Å². The van der Waals surface area contributed by atoms with Gasteiger partial charge in [0.1, 0.15) is 0 Å². The summed E-state index contributed by atoms with van der Waals surface area (Å²) in [5.74, 6) is -0.207. The molecule has 0 aliphatic heterocycles. The number of nitrogens with zero attached hydrogens (tertiary/aromatic N) is 1. The van der Waals surface area contributed by atoms with Crippen molar-refractivity contribution in [2.75, 3.05) is 5.32 Å². The van der Waals surface area contributed by atoms with E-state index in [1.54, 1.807) is 18.2 Å². The smallest absolute Gasteiger partial charge is 0.256 e. The second kappa shape index (κ2) is 7.74. The maximum atomic E-state index is 13.1. The highest BCUT2D eigenvalue weighted by Crippen LogP contribution is 2.28. The minimum absolute atomic E-state index is 0.207. The number of fused-ring (bicyclic) bond motifs is 1. The molecule has 0 saturated heterocycles. The maximum absolute atomic E-state index is 13.1. The molecule has 3 nitrogen and oxygen atoms in total. The minimum Gasteiger partial charge on any atom is -0.322 e. The first-order valence-corrected chi connectivity index (χ1v) is 9.91. The van der Waals surface area contributed by atoms with Crippen molar-refractivity contribution < 1.29 is 4.79 Å². The predicted molar refractivity (Wildman–Crippen MR) is 119 cm³/mol. The van der Waals surface area contributed by atoms with Crippen molar-refractivity contribution in [2.45, 2.75) is 6.92 Å². The number of carbonyl (C=O) groups is 1. The van der Waals surface area contributed by atoms with Gasteiger partial charge in [0.15, 0.2) is 0 Å². The number of aromatic nitrogens is 1. The molecule has 0 unspecified atom stereocenters. The molecule has 4 rings (SSSR count). The van der Waals surface area contributed by atoms with Gasteiger partial charge in [-0.05, 0) is 55.5 Å². The summed E-state index contributed by atoms with van der Waals surface area (Å²) < 4.78 is 0.891. The van der Waals surface area contributed by atoms with Gasteiger partial charge in [-0.1, -0.05) is 57.4 Å². The van der Waals surface area contributed by atoms with Gasteiger partial charge in [-0.25, -0.2) is 4.98 Å². The summed E-state index contributed by atoms with van der Waals surface area (Å²) >= 11 is 9.53. The van der Waals surface area contributed by atoms with Crippen LogP contribution in [-0.4, -0.2) is 10.9 Å². The van der Waals surface area contributed by atoms with E-state index < -0.39 is 0 Å². The molecule has 4 aromatic rings. The van der Waals surface area contributed by atoms with Crippen LogP contribution in [0.2, 0.25) is 5.02 Å². The molecule has 1 heterocycles. The molecular formula is C23H16BrClN2O. The normalized spacial score (nSPS) is 10.8. The second-order valence-electron chi connectivity index (χ2n) is 6.55. The van der Waals surface area contributed by atoms with Crippen LogP contribution in [0.1, 0.15) is 15.9 Å². The summed E-state index contributed by atoms with van der Waals surface area (Å²) in [6.45, 7) is 2.04. The Kier molecular flexibility index (Phi) is 5.16. The number of anilines is 1. The Labute approximate surface area is 176 Å². The summed E-state index contributed by atoms with van der Waals surface area (Å²) in [6.07, 6.45) is 0. The van der Waals surface area contributed by atoms with Crippen LogP contribution in [0.15, 0.2) is 77.3 Å². The zero-order valence-corrected chi connectivity index (χ0v) is 17.4. The van der Waals surface area contributed by atoms with Gasteiger partial charge < -0.3 is 5.32 Å². The van der Waals surface area contributed by atoms with Crippen LogP contribution in [0.25, 0.3) is 22.2 Å². The van der Waals surface area contributed by atoms with Crippen molar-refractivity contribution in [3.8, 4) is 11.3 Å². The van der Waals surface area contributed by atoms with Gasteiger partial charge in [-0.3, -0.25) is 4.79 Å². The lowest BCUT2D eigenvalue weighted by Crippen LogP contribution is -2.13. The zero-order chi connectivity index (χ0) is 19.7. The molecule has 5 heteroatoms. The van der Waals surface area contributed by atoms with E-state index in [1.807, 2.05) is 55.5 Å². The van der Waals surface area contributed by atoms with Crippen LogP contribution in [-0.2, 0) is 0 Å². The van der Waals surface area contributed by atoms with Gasteiger partial charge in [-0.2, -0.15) is 0 Å². The van der Waals surface area contributed by atoms with Crippen LogP contribution < -0.4 is 5.32 Å². The van der Waals surface area contributed by atoms with E-state index >= 15 is 0 Å². The van der Waals surface area contributed by atoms with Crippen molar-refractivity contribution in [3.63, 3.8) is 0 Å². The number of hydrogen-bond acceptors (Lipinski definition) is 2. The third kappa shape index (κ3) is 3.93. The van der Waals surface area contributed by atoms with Crippen molar-refractivity contribution >= 4 is 50.0 Å². The maximum Gasteiger partial charge on any atom is 0.256 e. The third-order valence-electron chi connectivity index (χ3n) is 4.41. The predicted octanol–water partition coefficient (Wildman–Crippen LogP) is 6.88. The van der Waals surface area contributed by atoms with Crippen LogP contribution >= 0.6 is 27.5 Å². The van der Waals surface area contributed by atoms with Gasteiger partial charge in [0, 0.05) is 26.1 Å². The van der Waals surface area contributed by atoms with Crippen LogP contribution in [0.3, 0.4) is 0 Å². The van der Waals surface area contributed by atoms with Crippen LogP contribution in [0.5, 0.6) is 0 Å². The van der Waals surface area contributed by atoms with Crippen LogP contribution in [0, 0.1) is 6.92 Å². The lowest BCUT2D eigenvalue weighted by molar-refractivity contribution is 0.102. The molecule has 0 aliphatic carbocycles. The molecule has 3 aromatic carbocycles. The summed E-state index contributed by atoms with van der Waals surface area (Å²) in [6, 6.07) is 22.8. The van der Waals surface area contributed by atoms with Crippen LogP contribution in [0.4, 0.5) is 5.69 Å². The molecule has 1 N–H and O–H groups in total. The Balaban J connectivity index is 1.85. The highest BCUT2D eigenvalue weighted by Gasteiger charge is 2.15. The summed E-state index contributed by atoms with van der Waals surface area (Å²) in [4.78, 5) is 17.9. The molecule has 0 radical (unpaired) electrons. The second-order valence-corrected chi connectivity index (χ2v) is 7.90. The standard InChI is InChI=1S/C23H16BrClN2O/c1-14-4-2-5-15(10-14)22-13-20(19-11-16(24)8-9-21(19)27-22)23(28)26-18-7-3-6-17(25)12-18/h2-13H,1H3,(H,26,28). The number of aryl methyl sites for hydroxylation is 1. The fourth-order valence-corrected chi connectivity index (χ4v) is 3.65. The van der Waals surface area contributed by atoms with Crippen molar-refractivity contribution in [1.82, 2.24) is 4.98 Å². The number of pyridine rings is 1. The Hall–Kier alpha value is -2.69. The monoisotopic (exact) mass is 450 g/mol. The minimum atomic E-state index is -0.207. The fourth-order valence-electron chi connectivity index (χ4n) is 3.10. The summed E-state index contributed by atoms with van der Waals surface area (Å²) in [7, 11) is 0. The number of hydrogen-bond donors (Lipinski definition) is 1. The number of amides is 1. The quantitative estimate of drug-likeness (QED) is 0.369. The Morgan fingerprint density at radius 3 is 2.61 bits per heavy atom. The highest BCUT2D eigenvalue weighted by molar-refractivity contribution is 9.10. The molecule has 0 aliphatic rings. The SMILES string of the molecule is Cc1cccc(-c2cc(C(=O)Nc3cccc(Cl)c3)c3cc(Br)ccc3n2)c1. The first-order chi connectivity index (χ1) is 13.5. The van der Waals surface area contributed by atoms with E-state index in [9.17, 15) is 4.79 Å². The largest absolute Gasteiger partial charge is 0.322 e. The molecule has 0 fully saturated rings. The van der Waals surface area contributed by atoms with Crippen molar-refractivity contribution in [1.29, 1.82) is 0 Å². The van der Waals surface area contributed by atoms with Gasteiger partial charge in [0.2, 0.25) is 0 Å². The molecule has 138 valence electrons. The summed E-state index contributed by atoms with van der Waals surface area (Å²) in [5.41, 5.74) is 4.84. The lowest BCUT2D eigenvalue weighted by Gasteiger charge is -2.12. The third-order valence-corrected chi connectivity index (χ3v) is 5.14. The Bertz CT molecular complexity index is 1210. The van der Waals surface area contributed by atoms with E-state index in [2.05, 4.69) is 27.3 Å². The molecular weight excluding hydrogens is 436 g/mol. The van der Waals surface area contributed by atoms with E-state index in [0.29, 0.717) is 16.3 Å². The van der Waals surface area contributed by atoms with Gasteiger partial charge in [0.25, 0.3) is 5.91 Å². The van der Waals surface area contributed by atoms with E-state index in [-0.39, 0.29) is 5.91 Å². The molecule has 0 atom stereocenters. The van der Waals surface area contributed by atoms with Gasteiger partial charge >= 0.3 is 0 Å². The van der Waals surface area contributed by atoms with Gasteiger partial charge in [0.05, 0.1) is 16.8 Å². The van der Waals surface area contributed by atoms with Gasteiger partial charge in [-0.15, -0.1) is 0 Å².